The first kappa shape index (κ1) is 50.3. The number of anilines is 4. The number of halogens is 2. The Bertz CT molecular complexity index is 3040. The number of aliphatic hydroxyl groups is 2. The maximum atomic E-state index is 11.8. The summed E-state index contributed by atoms with van der Waals surface area (Å²) in [7, 11) is 0. The number of aromatic nitrogens is 10. The lowest BCUT2D eigenvalue weighted by molar-refractivity contribution is -0.135. The fourth-order valence-corrected chi connectivity index (χ4v) is 11.0. The molecule has 8 aromatic rings. The van der Waals surface area contributed by atoms with E-state index in [1.807, 2.05) is 73.6 Å². The number of carbonyl (C=O) groups is 2. The quantitative estimate of drug-likeness (QED) is 0.113. The van der Waals surface area contributed by atoms with Crippen LogP contribution in [0.15, 0.2) is 73.6 Å². The molecule has 2 aliphatic heterocycles. The minimum absolute atomic E-state index is 0. The number of nitrogens with zero attached hydrogens (tertiary/aromatic N) is 12. The Morgan fingerprint density at radius 3 is 1.38 bits per heavy atom. The third kappa shape index (κ3) is 9.96. The summed E-state index contributed by atoms with van der Waals surface area (Å²) in [5, 5.41) is 29.2. The maximum Gasteiger partial charge on any atom is 0.248 e. The molecule has 4 aliphatic rings. The van der Waals surface area contributed by atoms with Crippen LogP contribution < -0.4 is 10.6 Å². The molecule has 0 unspecified atom stereocenters. The van der Waals surface area contributed by atoms with Crippen molar-refractivity contribution in [2.24, 2.45) is 11.8 Å². The topological polar surface area (TPSA) is 218 Å². The molecule has 12 rings (SSSR count). The van der Waals surface area contributed by atoms with Crippen molar-refractivity contribution in [3.05, 3.63) is 96.1 Å². The number of fused-ring (bicyclic) bond motifs is 8. The Balaban J connectivity index is 0.000000173. The van der Waals surface area contributed by atoms with E-state index in [2.05, 4.69) is 53.6 Å². The number of pyridine rings is 4. The molecule has 10 heterocycles. The predicted molar refractivity (Wildman–Crippen MR) is 281 cm³/mol. The third-order valence-corrected chi connectivity index (χ3v) is 14.9. The van der Waals surface area contributed by atoms with Crippen molar-refractivity contribution in [2.45, 2.75) is 103 Å². The summed E-state index contributed by atoms with van der Waals surface area (Å²) in [5.41, 5.74) is 7.99. The average molecular weight is 1020 g/mol. The molecule has 4 N–H and O–H groups in total. The normalized spacial score (nSPS) is 19.7. The fraction of sp³-hybridized carbons (Fsp3) is 0.423. The van der Waals surface area contributed by atoms with Crippen molar-refractivity contribution in [3.63, 3.8) is 0 Å². The number of hydrogen-bond acceptors (Lipinski definition) is 14. The van der Waals surface area contributed by atoms with Crippen molar-refractivity contribution in [3.8, 4) is 0 Å². The Morgan fingerprint density at radius 2 is 0.972 bits per heavy atom. The number of aliphatic hydroxyl groups excluding tert-OH is 2. The summed E-state index contributed by atoms with van der Waals surface area (Å²) < 4.78 is 4.73. The minimum Gasteiger partial charge on any atom is -0.387 e. The SMILES string of the molecule is CC1CCC(n2c3cnccc3c3cnc(Nc4ccc5c(n4)CCN(C(=O)CO)C5)nc32)CC1.CC1CCC(n2c3cnccc3c3cnc(Nc4ccc5c(n4)CCN(C(=O)CO)C5)nc32)CC1.Cl.Cl. The second-order valence-corrected chi connectivity index (χ2v) is 19.5. The average Bonchev–Trinajstić information content (AvgIpc) is 3.90. The molecule has 0 aromatic carbocycles. The van der Waals surface area contributed by atoms with Gasteiger partial charge in [0.25, 0.3) is 0 Å². The van der Waals surface area contributed by atoms with Crippen molar-refractivity contribution < 1.29 is 19.8 Å². The lowest BCUT2D eigenvalue weighted by Crippen LogP contribution is -2.37. The molecule has 18 nitrogen and oxygen atoms in total. The van der Waals surface area contributed by atoms with Gasteiger partial charge in [-0.2, -0.15) is 9.97 Å². The van der Waals surface area contributed by atoms with E-state index in [0.717, 1.165) is 104 Å². The Kier molecular flexibility index (Phi) is 15.1. The van der Waals surface area contributed by atoms with Gasteiger partial charge in [-0.3, -0.25) is 19.6 Å². The zero-order chi connectivity index (χ0) is 47.9. The minimum atomic E-state index is -0.463. The monoisotopic (exact) mass is 1010 g/mol. The van der Waals surface area contributed by atoms with Crippen molar-refractivity contribution in [1.29, 1.82) is 0 Å². The van der Waals surface area contributed by atoms with Gasteiger partial charge in [0, 0.05) is 109 Å². The molecule has 2 fully saturated rings. The van der Waals surface area contributed by atoms with E-state index in [1.165, 1.54) is 25.7 Å². The Labute approximate surface area is 429 Å². The lowest BCUT2D eigenvalue weighted by Gasteiger charge is -2.28. The van der Waals surface area contributed by atoms with Gasteiger partial charge in [0.05, 0.1) is 23.4 Å². The van der Waals surface area contributed by atoms with Crippen LogP contribution in [-0.2, 0) is 35.5 Å². The first-order valence-corrected chi connectivity index (χ1v) is 24.7. The molecule has 0 atom stereocenters. The summed E-state index contributed by atoms with van der Waals surface area (Å²) in [5.74, 6) is 3.43. The molecular formula is C52H60Cl2N14O4. The number of nitrogens with one attached hydrogen (secondary N) is 2. The van der Waals surface area contributed by atoms with Crippen LogP contribution in [0, 0.1) is 11.8 Å². The highest BCUT2D eigenvalue weighted by atomic mass is 35.5. The van der Waals surface area contributed by atoms with E-state index >= 15 is 0 Å². The van der Waals surface area contributed by atoms with Gasteiger partial charge in [0.1, 0.15) is 36.1 Å². The van der Waals surface area contributed by atoms with Crippen LogP contribution in [0.5, 0.6) is 0 Å². The van der Waals surface area contributed by atoms with Gasteiger partial charge in [-0.1, -0.05) is 26.0 Å². The van der Waals surface area contributed by atoms with E-state index in [4.69, 9.17) is 30.1 Å². The first-order valence-electron chi connectivity index (χ1n) is 24.7. The summed E-state index contributed by atoms with van der Waals surface area (Å²) in [6.45, 7) is 5.79. The molecule has 0 radical (unpaired) electrons. The molecule has 376 valence electrons. The Hall–Kier alpha value is -6.60. The van der Waals surface area contributed by atoms with Crippen LogP contribution in [-0.4, -0.2) is 107 Å². The number of rotatable bonds is 8. The van der Waals surface area contributed by atoms with Gasteiger partial charge >= 0.3 is 0 Å². The highest BCUT2D eigenvalue weighted by Gasteiger charge is 2.28. The van der Waals surface area contributed by atoms with Crippen LogP contribution in [0.3, 0.4) is 0 Å². The van der Waals surface area contributed by atoms with Gasteiger partial charge in [0.15, 0.2) is 0 Å². The predicted octanol–water partition coefficient (Wildman–Crippen LogP) is 8.34. The highest BCUT2D eigenvalue weighted by molar-refractivity contribution is 6.07. The van der Waals surface area contributed by atoms with Crippen LogP contribution in [0.4, 0.5) is 23.5 Å². The van der Waals surface area contributed by atoms with Crippen LogP contribution in [0.1, 0.15) is 99.8 Å². The van der Waals surface area contributed by atoms with Crippen LogP contribution in [0.25, 0.3) is 43.9 Å². The molecule has 2 aliphatic carbocycles. The standard InChI is InChI=1S/2C26H29N7O2.2ClH/c2*1-16-2-5-18(6-3-16)33-22-13-27-10-8-19(22)20-12-28-26(31-25(20)33)30-23-7-4-17-14-32(24(35)15-34)11-9-21(17)29-23;;/h2*4,7-8,10,12-13,16,18,34H,2-3,5-6,9,11,14-15H2,1H3,(H,28,29,30,31);2*1H. The van der Waals surface area contributed by atoms with E-state index in [-0.39, 0.29) is 36.6 Å². The summed E-state index contributed by atoms with van der Waals surface area (Å²) in [6.07, 6.45) is 22.1. The second kappa shape index (κ2) is 21.6. The van der Waals surface area contributed by atoms with Crippen LogP contribution in [0.2, 0.25) is 0 Å². The highest BCUT2D eigenvalue weighted by Crippen LogP contribution is 2.40. The first-order chi connectivity index (χ1) is 34.2. The molecule has 2 amide bonds. The smallest absolute Gasteiger partial charge is 0.248 e. The second-order valence-electron chi connectivity index (χ2n) is 19.5. The van der Waals surface area contributed by atoms with Gasteiger partial charge in [-0.15, -0.1) is 24.8 Å². The van der Waals surface area contributed by atoms with Gasteiger partial charge in [-0.05, 0) is 98.6 Å². The van der Waals surface area contributed by atoms with Crippen LogP contribution >= 0.6 is 24.8 Å². The van der Waals surface area contributed by atoms with E-state index in [9.17, 15) is 9.59 Å². The molecule has 0 saturated heterocycles. The third-order valence-electron chi connectivity index (χ3n) is 14.9. The lowest BCUT2D eigenvalue weighted by atomic mass is 9.87. The zero-order valence-corrected chi connectivity index (χ0v) is 42.1. The Morgan fingerprint density at radius 1 is 0.556 bits per heavy atom. The maximum absolute atomic E-state index is 11.8. The molecule has 2 saturated carbocycles. The summed E-state index contributed by atoms with van der Waals surface area (Å²) >= 11 is 0. The van der Waals surface area contributed by atoms with Crippen molar-refractivity contribution >= 4 is 104 Å². The largest absolute Gasteiger partial charge is 0.387 e. The van der Waals surface area contributed by atoms with Gasteiger partial charge < -0.3 is 39.8 Å². The molecule has 0 bridgehead atoms. The number of carbonyl (C=O) groups excluding carboxylic acids is 2. The molecule has 0 spiro atoms. The van der Waals surface area contributed by atoms with Crippen molar-refractivity contribution in [2.75, 3.05) is 36.9 Å². The molecule has 20 heteroatoms. The van der Waals surface area contributed by atoms with Gasteiger partial charge in [-0.25, -0.2) is 19.9 Å². The van der Waals surface area contributed by atoms with E-state index in [1.54, 1.807) is 9.80 Å². The number of hydrogen-bond donors (Lipinski definition) is 4. The van der Waals surface area contributed by atoms with E-state index < -0.39 is 13.2 Å². The van der Waals surface area contributed by atoms with Gasteiger partial charge in [0.2, 0.25) is 23.7 Å². The molecule has 8 aromatic heterocycles. The summed E-state index contributed by atoms with van der Waals surface area (Å²) in [6, 6.07) is 12.6. The fourth-order valence-electron chi connectivity index (χ4n) is 11.0. The van der Waals surface area contributed by atoms with Crippen molar-refractivity contribution in [1.82, 2.24) is 58.8 Å². The molecule has 72 heavy (non-hydrogen) atoms. The van der Waals surface area contributed by atoms with E-state index in [0.29, 0.717) is 74.6 Å². The molecular weight excluding hydrogens is 956 g/mol. The number of amides is 2. The summed E-state index contributed by atoms with van der Waals surface area (Å²) in [4.78, 5) is 64.4. The zero-order valence-electron chi connectivity index (χ0n) is 40.4.